The lowest BCUT2D eigenvalue weighted by Gasteiger charge is -2.13. The summed E-state index contributed by atoms with van der Waals surface area (Å²) < 4.78 is 7.72. The van der Waals surface area contributed by atoms with Crippen LogP contribution in [0.1, 0.15) is 11.1 Å². The molecule has 5 nitrogen and oxygen atoms in total. The van der Waals surface area contributed by atoms with E-state index in [1.165, 1.54) is 10.8 Å². The zero-order valence-corrected chi connectivity index (χ0v) is 22.9. The molecule has 0 spiro atoms. The number of carbonyl (C=O) groups is 1. The van der Waals surface area contributed by atoms with Gasteiger partial charge in [-0.25, -0.2) is 5.43 Å². The molecule has 2 N–H and O–H groups in total. The highest BCUT2D eigenvalue weighted by Gasteiger charge is 2.10. The smallest absolute Gasteiger partial charge is 0.259 e. The summed E-state index contributed by atoms with van der Waals surface area (Å²) in [6, 6.07) is 32.3. The third kappa shape index (κ3) is 6.01. The summed E-state index contributed by atoms with van der Waals surface area (Å²) in [5, 5.41) is 11.8. The van der Waals surface area contributed by atoms with E-state index in [2.05, 4.69) is 72.0 Å². The maximum Gasteiger partial charge on any atom is 0.259 e. The normalized spacial score (nSPS) is 11.2. The molecule has 0 radical (unpaired) electrons. The Bertz CT molecular complexity index is 1580. The molecular formula is C30H23Br2N3O2. The Hall–Kier alpha value is -3.68. The van der Waals surface area contributed by atoms with Gasteiger partial charge in [-0.1, -0.05) is 78.9 Å². The number of hydrogen-bond donors (Lipinski definition) is 2. The second kappa shape index (κ2) is 11.6. The van der Waals surface area contributed by atoms with Crippen molar-refractivity contribution in [1.29, 1.82) is 0 Å². The van der Waals surface area contributed by atoms with Crippen molar-refractivity contribution in [3.8, 4) is 5.75 Å². The van der Waals surface area contributed by atoms with Gasteiger partial charge in [0.25, 0.3) is 5.91 Å². The molecule has 0 aromatic heterocycles. The minimum absolute atomic E-state index is 0.111. The van der Waals surface area contributed by atoms with Crippen LogP contribution in [-0.2, 0) is 11.4 Å². The van der Waals surface area contributed by atoms with Crippen molar-refractivity contribution in [3.05, 3.63) is 117 Å². The summed E-state index contributed by atoms with van der Waals surface area (Å²) in [4.78, 5) is 12.3. The van der Waals surface area contributed by atoms with E-state index in [-0.39, 0.29) is 12.5 Å². The second-order valence-electron chi connectivity index (χ2n) is 8.41. The zero-order valence-electron chi connectivity index (χ0n) is 19.7. The highest BCUT2D eigenvalue weighted by atomic mass is 79.9. The van der Waals surface area contributed by atoms with E-state index in [9.17, 15) is 4.79 Å². The molecule has 1 amide bonds. The predicted octanol–water partition coefficient (Wildman–Crippen LogP) is 7.66. The van der Waals surface area contributed by atoms with Gasteiger partial charge in [0.05, 0.1) is 21.7 Å². The fraction of sp³-hybridized carbons (Fsp3) is 0.0667. The van der Waals surface area contributed by atoms with Crippen LogP contribution in [0.25, 0.3) is 21.5 Å². The number of ether oxygens (including phenoxy) is 1. The highest BCUT2D eigenvalue weighted by Crippen LogP contribution is 2.35. The number of halogens is 2. The van der Waals surface area contributed by atoms with Gasteiger partial charge in [-0.2, -0.15) is 5.10 Å². The van der Waals surface area contributed by atoms with Crippen molar-refractivity contribution in [2.75, 3.05) is 11.9 Å². The van der Waals surface area contributed by atoms with Crippen LogP contribution >= 0.6 is 31.9 Å². The van der Waals surface area contributed by atoms with Crippen LogP contribution in [0.4, 0.5) is 5.69 Å². The fourth-order valence-corrected chi connectivity index (χ4v) is 5.58. The van der Waals surface area contributed by atoms with Gasteiger partial charge in [-0.05, 0) is 77.3 Å². The average Bonchev–Trinajstić information content (AvgIpc) is 2.91. The molecule has 0 atom stereocenters. The maximum atomic E-state index is 12.3. The standard InChI is InChI=1S/C30H23Br2N3O2/c31-26-15-20(16-27(32)30(26)37-19-23-11-5-9-21-7-1-3-12-24(21)23)17-34-35-29(36)18-33-28-14-6-10-22-8-2-4-13-25(22)28/h1-17,33H,18-19H2,(H,35,36)/b34-17-. The Labute approximate surface area is 231 Å². The number of nitrogens with one attached hydrogen (secondary N) is 2. The van der Waals surface area contributed by atoms with Crippen LogP contribution in [0.2, 0.25) is 0 Å². The Morgan fingerprint density at radius 2 is 1.43 bits per heavy atom. The molecule has 37 heavy (non-hydrogen) atoms. The van der Waals surface area contributed by atoms with E-state index in [1.54, 1.807) is 6.21 Å². The van der Waals surface area contributed by atoms with Gasteiger partial charge in [0, 0.05) is 11.1 Å². The van der Waals surface area contributed by atoms with Gasteiger partial charge < -0.3 is 10.1 Å². The largest absolute Gasteiger partial charge is 0.487 e. The molecule has 0 heterocycles. The van der Waals surface area contributed by atoms with Crippen molar-refractivity contribution < 1.29 is 9.53 Å². The van der Waals surface area contributed by atoms with Gasteiger partial charge >= 0.3 is 0 Å². The van der Waals surface area contributed by atoms with Gasteiger partial charge in [0.2, 0.25) is 0 Å². The van der Waals surface area contributed by atoms with Crippen LogP contribution in [0, 0.1) is 0 Å². The maximum absolute atomic E-state index is 12.3. The topological polar surface area (TPSA) is 62.7 Å². The average molecular weight is 617 g/mol. The number of hydrazone groups is 1. The number of amides is 1. The van der Waals surface area contributed by atoms with Crippen LogP contribution in [0.5, 0.6) is 5.75 Å². The quantitative estimate of drug-likeness (QED) is 0.139. The van der Waals surface area contributed by atoms with E-state index < -0.39 is 0 Å². The summed E-state index contributed by atoms with van der Waals surface area (Å²) in [6.45, 7) is 0.547. The molecule has 0 saturated carbocycles. The zero-order chi connectivity index (χ0) is 25.6. The summed E-state index contributed by atoms with van der Waals surface area (Å²) in [7, 11) is 0. The molecule has 0 aliphatic carbocycles. The van der Waals surface area contributed by atoms with Crippen LogP contribution in [-0.4, -0.2) is 18.7 Å². The number of fused-ring (bicyclic) bond motifs is 2. The molecule has 0 saturated heterocycles. The van der Waals surface area contributed by atoms with E-state index in [1.807, 2.05) is 72.8 Å². The number of rotatable bonds is 8. The van der Waals surface area contributed by atoms with Gasteiger partial charge in [0.15, 0.2) is 0 Å². The fourth-order valence-electron chi connectivity index (χ4n) is 4.13. The minimum atomic E-state index is -0.239. The number of benzene rings is 5. The SMILES string of the molecule is O=C(CNc1cccc2ccccc12)N/N=C\c1cc(Br)c(OCc2cccc3ccccc23)c(Br)c1. The Balaban J connectivity index is 1.19. The van der Waals surface area contributed by atoms with Crippen molar-refractivity contribution in [3.63, 3.8) is 0 Å². The number of hydrogen-bond acceptors (Lipinski definition) is 4. The molecule has 5 aromatic carbocycles. The summed E-state index contributed by atoms with van der Waals surface area (Å²) >= 11 is 7.20. The first-order chi connectivity index (χ1) is 18.1. The van der Waals surface area contributed by atoms with Crippen molar-refractivity contribution >= 4 is 71.2 Å². The number of carbonyl (C=O) groups excluding carboxylic acids is 1. The molecule has 5 rings (SSSR count). The molecule has 5 aromatic rings. The first kappa shape index (κ1) is 25.0. The minimum Gasteiger partial charge on any atom is -0.487 e. The first-order valence-corrected chi connectivity index (χ1v) is 13.3. The van der Waals surface area contributed by atoms with E-state index >= 15 is 0 Å². The highest BCUT2D eigenvalue weighted by molar-refractivity contribution is 9.11. The second-order valence-corrected chi connectivity index (χ2v) is 10.1. The monoisotopic (exact) mass is 615 g/mol. The lowest BCUT2D eigenvalue weighted by molar-refractivity contribution is -0.119. The van der Waals surface area contributed by atoms with Crippen LogP contribution in [0.3, 0.4) is 0 Å². The molecule has 0 aliphatic heterocycles. The van der Waals surface area contributed by atoms with E-state index in [0.717, 1.165) is 36.5 Å². The molecular weight excluding hydrogens is 594 g/mol. The van der Waals surface area contributed by atoms with Crippen LogP contribution in [0.15, 0.2) is 111 Å². The predicted molar refractivity (Wildman–Crippen MR) is 158 cm³/mol. The van der Waals surface area contributed by atoms with E-state index in [0.29, 0.717) is 12.4 Å². The van der Waals surface area contributed by atoms with Crippen molar-refractivity contribution in [2.45, 2.75) is 6.61 Å². The Morgan fingerprint density at radius 3 is 2.19 bits per heavy atom. The Morgan fingerprint density at radius 1 is 0.811 bits per heavy atom. The lowest BCUT2D eigenvalue weighted by atomic mass is 10.1. The molecule has 0 unspecified atom stereocenters. The van der Waals surface area contributed by atoms with Gasteiger partial charge in [0.1, 0.15) is 12.4 Å². The molecule has 0 bridgehead atoms. The third-order valence-corrected chi connectivity index (χ3v) is 7.08. The summed E-state index contributed by atoms with van der Waals surface area (Å²) in [6.07, 6.45) is 1.60. The third-order valence-electron chi connectivity index (χ3n) is 5.90. The lowest BCUT2D eigenvalue weighted by Crippen LogP contribution is -2.25. The first-order valence-electron chi connectivity index (χ1n) is 11.7. The van der Waals surface area contributed by atoms with Gasteiger partial charge in [-0.15, -0.1) is 0 Å². The summed E-state index contributed by atoms with van der Waals surface area (Å²) in [5.41, 5.74) is 5.40. The Kier molecular flexibility index (Phi) is 7.82. The molecule has 0 fully saturated rings. The van der Waals surface area contributed by atoms with Crippen LogP contribution < -0.4 is 15.5 Å². The molecule has 7 heteroatoms. The number of anilines is 1. The molecule has 0 aliphatic rings. The molecule has 184 valence electrons. The number of nitrogens with zero attached hydrogens (tertiary/aromatic N) is 1. The summed E-state index contributed by atoms with van der Waals surface area (Å²) in [5.74, 6) is 0.464. The van der Waals surface area contributed by atoms with Crippen molar-refractivity contribution in [2.24, 2.45) is 5.10 Å². The van der Waals surface area contributed by atoms with Crippen molar-refractivity contribution in [1.82, 2.24) is 5.43 Å². The van der Waals surface area contributed by atoms with E-state index in [4.69, 9.17) is 4.74 Å². The van der Waals surface area contributed by atoms with Gasteiger partial charge in [-0.3, -0.25) is 4.79 Å².